The van der Waals surface area contributed by atoms with Crippen LogP contribution in [-0.4, -0.2) is 31.0 Å². The molecule has 0 bridgehead atoms. The van der Waals surface area contributed by atoms with E-state index >= 15 is 0 Å². The molecule has 0 fully saturated rings. The molecule has 0 radical (unpaired) electrons. The number of anilines is 1. The molecule has 0 saturated carbocycles. The minimum Gasteiger partial charge on any atom is -0.510 e. The van der Waals surface area contributed by atoms with Crippen LogP contribution in [-0.2, 0) is 28.1 Å². The quantitative estimate of drug-likeness (QED) is 0.178. The van der Waals surface area contributed by atoms with Crippen molar-refractivity contribution in [3.8, 4) is 28.2 Å². The molecule has 1 aliphatic heterocycles. The van der Waals surface area contributed by atoms with Gasteiger partial charge in [-0.05, 0) is 48.0 Å². The number of aromatic nitrogens is 4. The molecule has 3 aromatic heterocycles. The molecule has 208 valence electrons. The van der Waals surface area contributed by atoms with Gasteiger partial charge in [0.15, 0.2) is 0 Å². The Labute approximate surface area is 258 Å². The van der Waals surface area contributed by atoms with E-state index in [2.05, 4.69) is 112 Å². The first-order valence-corrected chi connectivity index (χ1v) is 13.5. The molecule has 0 spiro atoms. The number of fused-ring (bicyclic) bond motifs is 4. The van der Waals surface area contributed by atoms with Crippen molar-refractivity contribution in [1.29, 1.82) is 0 Å². The van der Waals surface area contributed by atoms with E-state index in [0.717, 1.165) is 61.3 Å². The van der Waals surface area contributed by atoms with Crippen molar-refractivity contribution in [2.45, 2.75) is 0 Å². The Morgan fingerprint density at radius 2 is 1.57 bits per heavy atom. The normalized spacial score (nSPS) is 13.0. The van der Waals surface area contributed by atoms with E-state index in [1.165, 1.54) is 5.56 Å². The van der Waals surface area contributed by atoms with Crippen molar-refractivity contribution in [2.24, 2.45) is 7.05 Å². The summed E-state index contributed by atoms with van der Waals surface area (Å²) in [5.74, 6) is 0.868. The molecule has 4 aromatic carbocycles. The third kappa shape index (κ3) is 4.14. The monoisotopic (exact) mass is 724 g/mol. The first-order chi connectivity index (χ1) is 20.2. The zero-order valence-electron chi connectivity index (χ0n) is 23.0. The molecular formula is C35H25N6Pt-3. The predicted octanol–water partition coefficient (Wildman–Crippen LogP) is 7.34. The summed E-state index contributed by atoms with van der Waals surface area (Å²) in [4.78, 5) is 13.9. The van der Waals surface area contributed by atoms with Crippen LogP contribution >= 0.6 is 0 Å². The summed E-state index contributed by atoms with van der Waals surface area (Å²) in [5.41, 5.74) is 8.99. The average molecular weight is 725 g/mol. The van der Waals surface area contributed by atoms with E-state index in [1.807, 2.05) is 49.3 Å². The minimum atomic E-state index is 0. The largest absolute Gasteiger partial charge is 0.510 e. The second-order valence-electron chi connectivity index (χ2n) is 10.3. The number of rotatable bonds is 4. The molecule has 42 heavy (non-hydrogen) atoms. The van der Waals surface area contributed by atoms with Crippen molar-refractivity contribution in [3.05, 3.63) is 128 Å². The topological polar surface area (TPSA) is 42.1 Å². The molecule has 0 unspecified atom stereocenters. The van der Waals surface area contributed by atoms with Gasteiger partial charge in [0, 0.05) is 39.9 Å². The third-order valence-electron chi connectivity index (χ3n) is 7.71. The van der Waals surface area contributed by atoms with Crippen LogP contribution in [0.25, 0.3) is 61.2 Å². The van der Waals surface area contributed by atoms with Gasteiger partial charge in [-0.3, -0.25) is 4.98 Å². The fraction of sp³-hybridized carbons (Fsp3) is 0.0571. The molecule has 0 aliphatic carbocycles. The van der Waals surface area contributed by atoms with Gasteiger partial charge < -0.3 is 18.9 Å². The Morgan fingerprint density at radius 1 is 0.738 bits per heavy atom. The number of aryl methyl sites for hydroxylation is 1. The maximum absolute atomic E-state index is 5.08. The fourth-order valence-electron chi connectivity index (χ4n) is 5.81. The summed E-state index contributed by atoms with van der Waals surface area (Å²) in [5, 5.41) is 2.17. The molecule has 4 heterocycles. The Balaban J connectivity index is 0.00000288. The smallest absolute Gasteiger partial charge is 0.132 e. The van der Waals surface area contributed by atoms with Crippen LogP contribution in [0.4, 0.5) is 5.69 Å². The Bertz CT molecular complexity index is 2120. The number of hydrogen-bond donors (Lipinski definition) is 0. The number of hydrogen-bond acceptors (Lipinski definition) is 4. The van der Waals surface area contributed by atoms with Crippen molar-refractivity contribution in [2.75, 3.05) is 11.9 Å². The van der Waals surface area contributed by atoms with Crippen LogP contribution in [0.3, 0.4) is 0 Å². The first kappa shape index (κ1) is 26.2. The van der Waals surface area contributed by atoms with E-state index in [1.54, 1.807) is 0 Å². The molecule has 6 nitrogen and oxygen atoms in total. The van der Waals surface area contributed by atoms with Gasteiger partial charge in [-0.2, -0.15) is 12.7 Å². The van der Waals surface area contributed by atoms with Gasteiger partial charge >= 0.3 is 0 Å². The zero-order chi connectivity index (χ0) is 27.5. The Hall–Kier alpha value is -4.67. The molecule has 0 atom stereocenters. The summed E-state index contributed by atoms with van der Waals surface area (Å²) in [7, 11) is 4.10. The second-order valence-corrected chi connectivity index (χ2v) is 10.3. The number of para-hydroxylation sites is 1. The van der Waals surface area contributed by atoms with Gasteiger partial charge in [-0.15, -0.1) is 47.6 Å². The van der Waals surface area contributed by atoms with Gasteiger partial charge in [-0.25, -0.2) is 4.98 Å². The second kappa shape index (κ2) is 10.3. The molecule has 0 amide bonds. The van der Waals surface area contributed by atoms with Crippen LogP contribution in [0.1, 0.15) is 0 Å². The van der Waals surface area contributed by atoms with E-state index in [0.29, 0.717) is 0 Å². The maximum atomic E-state index is 5.08. The van der Waals surface area contributed by atoms with E-state index in [4.69, 9.17) is 9.97 Å². The van der Waals surface area contributed by atoms with E-state index in [9.17, 15) is 0 Å². The average Bonchev–Trinajstić information content (AvgIpc) is 3.70. The minimum absolute atomic E-state index is 0. The van der Waals surface area contributed by atoms with Crippen LogP contribution in [0.15, 0.2) is 110 Å². The summed E-state index contributed by atoms with van der Waals surface area (Å²) in [6, 6.07) is 38.7. The van der Waals surface area contributed by atoms with Gasteiger partial charge in [0.05, 0.1) is 16.9 Å². The van der Waals surface area contributed by atoms with Crippen molar-refractivity contribution >= 4 is 38.7 Å². The van der Waals surface area contributed by atoms with Gasteiger partial charge in [0.1, 0.15) is 5.65 Å². The van der Waals surface area contributed by atoms with Crippen LogP contribution in [0, 0.1) is 18.8 Å². The number of pyridine rings is 1. The molecule has 7 aromatic rings. The van der Waals surface area contributed by atoms with Gasteiger partial charge in [0.25, 0.3) is 0 Å². The maximum Gasteiger partial charge on any atom is 0.132 e. The molecular weight excluding hydrogens is 700 g/mol. The third-order valence-corrected chi connectivity index (χ3v) is 7.71. The Morgan fingerprint density at radius 3 is 2.40 bits per heavy atom. The summed E-state index contributed by atoms with van der Waals surface area (Å²) >= 11 is 0. The zero-order valence-corrected chi connectivity index (χ0v) is 25.2. The molecule has 1 aliphatic rings. The number of nitrogens with zero attached hydrogens (tertiary/aromatic N) is 6. The standard InChI is InChI=1S/C35H25N6.Pt/c1-38-19-20-40(23-38)26-11-6-12-27(22-26)41-32-21-25(16-17-29(32)30-14-8-18-36-35(30)41)34-37-31-15-7-13-28(33(31)39(34)2)24-9-4-3-5-10-24;/h3-20,23H,1-2H3;/q-3;. The van der Waals surface area contributed by atoms with Crippen LogP contribution < -0.4 is 4.90 Å². The fourth-order valence-corrected chi connectivity index (χ4v) is 5.81. The molecule has 0 saturated heterocycles. The van der Waals surface area contributed by atoms with Crippen molar-refractivity contribution in [1.82, 2.24) is 24.0 Å². The van der Waals surface area contributed by atoms with E-state index < -0.39 is 0 Å². The number of imidazole rings is 1. The Kier molecular flexibility index (Phi) is 6.44. The van der Waals surface area contributed by atoms with Crippen molar-refractivity contribution in [3.63, 3.8) is 0 Å². The van der Waals surface area contributed by atoms with Gasteiger partial charge in [0.2, 0.25) is 0 Å². The predicted molar refractivity (Wildman–Crippen MR) is 165 cm³/mol. The molecule has 7 heteroatoms. The summed E-state index contributed by atoms with van der Waals surface area (Å²) < 4.78 is 4.33. The van der Waals surface area contributed by atoms with Crippen LogP contribution in [0.2, 0.25) is 0 Å². The SMILES string of the molecule is CN1C=CN(c2[c-]c(-n3c4[c-]c(-c5nc6cccc(-c7ccccc7)c6n5C)ccc4c4cccnc43)ccc2)[CH-]1.[Pt]. The summed E-state index contributed by atoms with van der Waals surface area (Å²) in [6.07, 6.45) is 5.88. The first-order valence-electron chi connectivity index (χ1n) is 13.5. The van der Waals surface area contributed by atoms with Gasteiger partial charge in [-0.1, -0.05) is 59.6 Å². The van der Waals surface area contributed by atoms with E-state index in [-0.39, 0.29) is 21.1 Å². The van der Waals surface area contributed by atoms with Crippen LogP contribution in [0.5, 0.6) is 0 Å². The van der Waals surface area contributed by atoms with Crippen molar-refractivity contribution < 1.29 is 21.1 Å². The molecule has 0 N–H and O–H groups in total. The number of benzene rings is 4. The molecule has 8 rings (SSSR count). The summed E-state index contributed by atoms with van der Waals surface area (Å²) in [6.45, 7) is 2.03.